The Bertz CT molecular complexity index is 1490. The minimum Gasteiger partial charge on any atom is -1.00 e. The van der Waals surface area contributed by atoms with Crippen LogP contribution in [-0.2, 0) is 0 Å². The average molecular weight is 533 g/mol. The predicted octanol–water partition coefficient (Wildman–Crippen LogP) is 2.56. The molecule has 188 valence electrons. The van der Waals surface area contributed by atoms with Crippen LogP contribution in [0.1, 0.15) is 10.4 Å². The van der Waals surface area contributed by atoms with Crippen molar-refractivity contribution in [2.45, 2.75) is 6.17 Å². The molecule has 9 heteroatoms. The molecule has 0 spiro atoms. The Morgan fingerprint density at radius 2 is 1.78 bits per heavy atom. The molecule has 0 saturated carbocycles. The third kappa shape index (κ3) is 6.14. The highest BCUT2D eigenvalue weighted by molar-refractivity contribution is 6.31. The topological polar surface area (TPSA) is 96.6 Å². The van der Waals surface area contributed by atoms with Crippen molar-refractivity contribution in [3.63, 3.8) is 0 Å². The Morgan fingerprint density at radius 3 is 2.59 bits per heavy atom. The van der Waals surface area contributed by atoms with Crippen LogP contribution >= 0.6 is 11.6 Å². The number of fused-ring (bicyclic) bond motifs is 1. The molecule has 0 aliphatic carbocycles. The second-order valence-electron chi connectivity index (χ2n) is 8.56. The molecule has 1 unspecified atom stereocenters. The van der Waals surface area contributed by atoms with Crippen molar-refractivity contribution in [3.8, 4) is 0 Å². The molecule has 0 bridgehead atoms. The van der Waals surface area contributed by atoms with Crippen LogP contribution in [0.2, 0.25) is 0 Å². The minimum atomic E-state index is -0.190. The number of aromatic nitrogens is 1. The number of rotatable bonds is 6. The highest BCUT2D eigenvalue weighted by Crippen LogP contribution is 2.26. The number of carbonyl (C=O) groups excluding carboxylic acids is 1. The number of amides is 1. The number of nitrogens with two attached hydrogens (primary N) is 1. The van der Waals surface area contributed by atoms with Crippen LogP contribution in [0, 0.1) is 0 Å². The summed E-state index contributed by atoms with van der Waals surface area (Å²) in [5, 5.41) is 11.4. The fourth-order valence-electron chi connectivity index (χ4n) is 3.99. The van der Waals surface area contributed by atoms with Gasteiger partial charge in [0.25, 0.3) is 5.91 Å². The van der Waals surface area contributed by atoms with Gasteiger partial charge in [0.1, 0.15) is 6.17 Å². The van der Waals surface area contributed by atoms with E-state index >= 15 is 0 Å². The monoisotopic (exact) mass is 532 g/mol. The van der Waals surface area contributed by atoms with Gasteiger partial charge in [0, 0.05) is 58.7 Å². The first-order chi connectivity index (χ1) is 17.4. The molecule has 1 amide bonds. The highest BCUT2D eigenvalue weighted by atomic mass is 35.5. The molecule has 3 aromatic carbocycles. The number of pyridine rings is 1. The zero-order valence-electron chi connectivity index (χ0n) is 20.0. The van der Waals surface area contributed by atoms with Gasteiger partial charge in [0.05, 0.1) is 11.1 Å². The van der Waals surface area contributed by atoms with Crippen LogP contribution in [0.25, 0.3) is 10.9 Å². The van der Waals surface area contributed by atoms with Gasteiger partial charge >= 0.3 is 0 Å². The normalized spacial score (nSPS) is 14.5. The lowest BCUT2D eigenvalue weighted by Gasteiger charge is -2.28. The maximum atomic E-state index is 12.9. The number of aromatic amines is 1. The molecule has 0 saturated heterocycles. The van der Waals surface area contributed by atoms with Crippen LogP contribution < -0.4 is 39.1 Å². The van der Waals surface area contributed by atoms with Gasteiger partial charge in [-0.2, -0.15) is 0 Å². The average Bonchev–Trinajstić information content (AvgIpc) is 2.88. The van der Waals surface area contributed by atoms with E-state index in [-0.39, 0.29) is 24.5 Å². The quantitative estimate of drug-likeness (QED) is 0.286. The lowest BCUT2D eigenvalue weighted by molar-refractivity contribution is -0.344. The number of anilines is 5. The summed E-state index contributed by atoms with van der Waals surface area (Å²) < 4.78 is 0. The Labute approximate surface area is 226 Å². The number of halogens is 2. The Hall–Kier alpha value is -4.20. The fraction of sp³-hybridized carbons (Fsp3) is 0.0714. The van der Waals surface area contributed by atoms with Crippen molar-refractivity contribution in [1.29, 1.82) is 0 Å². The van der Waals surface area contributed by atoms with Crippen molar-refractivity contribution in [2.24, 2.45) is 0 Å². The van der Waals surface area contributed by atoms with Crippen molar-refractivity contribution >= 4 is 56.8 Å². The summed E-state index contributed by atoms with van der Waals surface area (Å²) in [5.41, 5.74) is 11.6. The second kappa shape index (κ2) is 11.2. The Morgan fingerprint density at radius 1 is 1.00 bits per heavy atom. The summed E-state index contributed by atoms with van der Waals surface area (Å²) in [6, 6.07) is 22.7. The van der Waals surface area contributed by atoms with Crippen LogP contribution in [0.15, 0.2) is 102 Å². The molecule has 1 aliphatic rings. The zero-order chi connectivity index (χ0) is 25.1. The number of H-pyrrole nitrogens is 1. The molecule has 7 nitrogen and oxygen atoms in total. The van der Waals surface area contributed by atoms with E-state index in [1.165, 1.54) is 0 Å². The number of nitrogens with zero attached hydrogens (tertiary/aromatic N) is 1. The molecule has 0 fully saturated rings. The summed E-state index contributed by atoms with van der Waals surface area (Å²) in [4.78, 5) is 18.1. The van der Waals surface area contributed by atoms with Crippen molar-refractivity contribution in [3.05, 3.63) is 108 Å². The van der Waals surface area contributed by atoms with Gasteiger partial charge in [-0.05, 0) is 66.7 Å². The number of nitrogen functional groups attached to an aromatic ring is 1. The lowest BCUT2D eigenvalue weighted by Crippen LogP contribution is -3.00. The lowest BCUT2D eigenvalue weighted by atomic mass is 10.1. The molecule has 4 aromatic rings. The number of hydrogen-bond donors (Lipinski definition) is 4. The molecule has 0 radical (unpaired) electrons. The maximum Gasteiger partial charge on any atom is 0.255 e. The molecule has 1 aromatic heterocycles. The molecular weight excluding hydrogens is 507 g/mol. The zero-order valence-corrected chi connectivity index (χ0v) is 21.5. The second-order valence-corrected chi connectivity index (χ2v) is 8.99. The summed E-state index contributed by atoms with van der Waals surface area (Å²) in [6.45, 7) is 0. The molecule has 2 heterocycles. The summed E-state index contributed by atoms with van der Waals surface area (Å²) in [5.74, 6) is -0.190. The van der Waals surface area contributed by atoms with Crippen molar-refractivity contribution < 1.29 is 22.2 Å². The predicted molar refractivity (Wildman–Crippen MR) is 147 cm³/mol. The molecule has 37 heavy (non-hydrogen) atoms. The van der Waals surface area contributed by atoms with E-state index < -0.39 is 0 Å². The van der Waals surface area contributed by atoms with Gasteiger partial charge in [-0.3, -0.25) is 4.79 Å². The first kappa shape index (κ1) is 25.9. The first-order valence-corrected chi connectivity index (χ1v) is 11.8. The maximum absolute atomic E-state index is 12.9. The van der Waals surface area contributed by atoms with E-state index in [9.17, 15) is 4.79 Å². The third-order valence-corrected chi connectivity index (χ3v) is 6.16. The minimum absolute atomic E-state index is 0. The number of nitrogens with one attached hydrogen (secondary N) is 4. The van der Waals surface area contributed by atoms with Crippen molar-refractivity contribution in [1.82, 2.24) is 4.90 Å². The van der Waals surface area contributed by atoms with E-state index in [2.05, 4.69) is 20.9 Å². The summed E-state index contributed by atoms with van der Waals surface area (Å²) >= 11 is 6.14. The van der Waals surface area contributed by atoms with Gasteiger partial charge in [0.2, 0.25) is 5.52 Å². The van der Waals surface area contributed by atoms with E-state index in [0.717, 1.165) is 28.0 Å². The van der Waals surface area contributed by atoms with Crippen LogP contribution in [0.4, 0.5) is 28.4 Å². The Balaban J connectivity index is 0.00000320. The van der Waals surface area contributed by atoms with Crippen molar-refractivity contribution in [2.75, 3.05) is 28.7 Å². The third-order valence-electron chi connectivity index (χ3n) is 5.91. The molecule has 6 N–H and O–H groups in total. The van der Waals surface area contributed by atoms with E-state index in [4.69, 9.17) is 17.3 Å². The SMILES string of the molecule is CN1C=CC(Cl)=CC1Nc1cccc(C(=O)Nc2ccc(Nc3cc[nH+]c4ccc(N)cc34)cc2)c1.[Cl-]. The van der Waals surface area contributed by atoms with Crippen LogP contribution in [0.5, 0.6) is 0 Å². The smallest absolute Gasteiger partial charge is 0.255 e. The number of likely N-dealkylation sites (N-methyl/N-ethyl adjacent to an activating group) is 1. The molecule has 1 aliphatic heterocycles. The van der Waals surface area contributed by atoms with Crippen LogP contribution in [-0.4, -0.2) is 24.0 Å². The van der Waals surface area contributed by atoms with E-state index in [1.54, 1.807) is 6.07 Å². The highest BCUT2D eigenvalue weighted by Gasteiger charge is 2.14. The van der Waals surface area contributed by atoms with E-state index in [0.29, 0.717) is 22.0 Å². The summed E-state index contributed by atoms with van der Waals surface area (Å²) in [7, 11) is 1.96. The van der Waals surface area contributed by atoms with Gasteiger partial charge in [-0.15, -0.1) is 0 Å². The van der Waals surface area contributed by atoms with E-state index in [1.807, 2.05) is 103 Å². The molecule has 5 rings (SSSR count). The van der Waals surface area contributed by atoms with Crippen LogP contribution in [0.3, 0.4) is 0 Å². The summed E-state index contributed by atoms with van der Waals surface area (Å²) in [6.07, 6.45) is 7.43. The Kier molecular flexibility index (Phi) is 7.86. The van der Waals surface area contributed by atoms with Gasteiger partial charge < -0.3 is 39.0 Å². The van der Waals surface area contributed by atoms with Gasteiger partial charge in [-0.1, -0.05) is 17.7 Å². The first-order valence-electron chi connectivity index (χ1n) is 11.5. The largest absolute Gasteiger partial charge is 1.00 e. The van der Waals surface area contributed by atoms with Gasteiger partial charge in [0.15, 0.2) is 6.20 Å². The number of allylic oxidation sites excluding steroid dienone is 2. The van der Waals surface area contributed by atoms with Gasteiger partial charge in [-0.25, -0.2) is 4.98 Å². The number of benzene rings is 3. The number of hydrogen-bond acceptors (Lipinski definition) is 5. The fourth-order valence-corrected chi connectivity index (χ4v) is 4.17. The molecular formula is C28H26Cl2N6O. The number of carbonyl (C=O) groups is 1. The standard InChI is InChI=1S/C28H25ClN6O.ClH/c1-35-14-12-19(29)16-27(35)33-23-4-2-3-18(15-23)28(36)34-22-8-6-21(7-9-22)32-26-11-13-31-25-10-5-20(30)17-24(25)26;/h2-17,27,33H,30H2,1H3,(H,31,32)(H,34,36);1H. The molecule has 1 atom stereocenters.